The van der Waals surface area contributed by atoms with Crippen LogP contribution >= 0.6 is 0 Å². The van der Waals surface area contributed by atoms with Gasteiger partial charge in [-0.2, -0.15) is 0 Å². The van der Waals surface area contributed by atoms with Gasteiger partial charge < -0.3 is 15.0 Å². The van der Waals surface area contributed by atoms with Crippen LogP contribution in [0.4, 0.5) is 19.0 Å². The Balaban J connectivity index is 1.77. The topological polar surface area (TPSA) is 89.3 Å². The lowest BCUT2D eigenvalue weighted by Crippen LogP contribution is -2.53. The van der Waals surface area contributed by atoms with Crippen LogP contribution in [0.15, 0.2) is 35.4 Å². The van der Waals surface area contributed by atoms with Gasteiger partial charge in [-0.1, -0.05) is 18.2 Å². The second-order valence-electron chi connectivity index (χ2n) is 8.75. The summed E-state index contributed by atoms with van der Waals surface area (Å²) in [6.45, 7) is 6.02. The number of alkyl halides is 2. The number of carbonyl (C=O) groups is 1. The predicted molar refractivity (Wildman–Crippen MR) is 124 cm³/mol. The number of aryl methyl sites for hydroxylation is 1. The Morgan fingerprint density at radius 3 is 2.49 bits per heavy atom. The summed E-state index contributed by atoms with van der Waals surface area (Å²) in [5.74, 6) is -1.20. The summed E-state index contributed by atoms with van der Waals surface area (Å²) in [4.78, 5) is 36.5. The van der Waals surface area contributed by atoms with Crippen LogP contribution < -0.4 is 10.9 Å². The standard InChI is InChI=1S/C24H26F3N5O3/c1-12-9-35-10-13(2)32(12)24(34)18-8-17-21(28-11-29-22(17)31(4)23(18)33)30-14(3)15-6-5-7-16(19(15)25)20(26)27/h5-8,11-14,20H,9-10H2,1-4H3,(H,28,29,30)/t12-,13+,14-/m1/s1. The molecule has 3 heterocycles. The molecule has 1 fully saturated rings. The molecule has 186 valence electrons. The molecule has 1 aromatic carbocycles. The number of aromatic nitrogens is 3. The van der Waals surface area contributed by atoms with Crippen molar-refractivity contribution in [2.75, 3.05) is 18.5 Å². The zero-order valence-electron chi connectivity index (χ0n) is 19.8. The maximum atomic E-state index is 14.7. The van der Waals surface area contributed by atoms with Crippen LogP contribution in [-0.4, -0.2) is 50.6 Å². The van der Waals surface area contributed by atoms with Crippen molar-refractivity contribution in [1.82, 2.24) is 19.4 Å². The molecule has 1 aliphatic rings. The summed E-state index contributed by atoms with van der Waals surface area (Å²) < 4.78 is 47.8. The van der Waals surface area contributed by atoms with Crippen LogP contribution in [0.3, 0.4) is 0 Å². The number of hydrogen-bond donors (Lipinski definition) is 1. The second kappa shape index (κ2) is 9.65. The molecule has 1 saturated heterocycles. The highest BCUT2D eigenvalue weighted by Gasteiger charge is 2.32. The molecule has 1 amide bonds. The quantitative estimate of drug-likeness (QED) is 0.586. The van der Waals surface area contributed by atoms with E-state index in [4.69, 9.17) is 4.74 Å². The Morgan fingerprint density at radius 2 is 1.83 bits per heavy atom. The maximum Gasteiger partial charge on any atom is 0.266 e. The van der Waals surface area contributed by atoms with E-state index in [1.54, 1.807) is 11.8 Å². The van der Waals surface area contributed by atoms with Gasteiger partial charge in [-0.25, -0.2) is 23.1 Å². The minimum atomic E-state index is -2.95. The Kier molecular flexibility index (Phi) is 6.79. The molecule has 3 aromatic rings. The molecule has 11 heteroatoms. The fraction of sp³-hybridized carbons (Fsp3) is 0.417. The van der Waals surface area contributed by atoms with Gasteiger partial charge in [0.2, 0.25) is 0 Å². The van der Waals surface area contributed by atoms with E-state index < -0.39 is 35.3 Å². The number of hydrogen-bond acceptors (Lipinski definition) is 6. The number of halogens is 3. The normalized spacial score (nSPS) is 19.3. The second-order valence-corrected chi connectivity index (χ2v) is 8.75. The number of morpholine rings is 1. The van der Waals surface area contributed by atoms with Gasteiger partial charge in [0.1, 0.15) is 29.2 Å². The average Bonchev–Trinajstić information content (AvgIpc) is 2.81. The van der Waals surface area contributed by atoms with E-state index in [-0.39, 0.29) is 34.7 Å². The molecule has 3 atom stereocenters. The lowest BCUT2D eigenvalue weighted by molar-refractivity contribution is -0.0250. The van der Waals surface area contributed by atoms with Crippen molar-refractivity contribution in [3.05, 3.63) is 63.5 Å². The third-order valence-electron chi connectivity index (χ3n) is 6.25. The summed E-state index contributed by atoms with van der Waals surface area (Å²) in [6, 6.07) is 4.05. The molecule has 0 radical (unpaired) electrons. The number of benzene rings is 1. The minimum Gasteiger partial charge on any atom is -0.377 e. The van der Waals surface area contributed by atoms with Crippen LogP contribution in [0.1, 0.15) is 54.7 Å². The Labute approximate surface area is 199 Å². The predicted octanol–water partition coefficient (Wildman–Crippen LogP) is 3.83. The van der Waals surface area contributed by atoms with Crippen LogP contribution in [0, 0.1) is 5.82 Å². The lowest BCUT2D eigenvalue weighted by Gasteiger charge is -2.38. The van der Waals surface area contributed by atoms with Gasteiger partial charge in [0.15, 0.2) is 0 Å². The van der Waals surface area contributed by atoms with Gasteiger partial charge in [0, 0.05) is 12.6 Å². The summed E-state index contributed by atoms with van der Waals surface area (Å²) >= 11 is 0. The van der Waals surface area contributed by atoms with Gasteiger partial charge in [-0.05, 0) is 26.8 Å². The van der Waals surface area contributed by atoms with Gasteiger partial charge in [0.05, 0.1) is 42.3 Å². The number of amides is 1. The zero-order chi connectivity index (χ0) is 25.4. The monoisotopic (exact) mass is 489 g/mol. The molecule has 0 unspecified atom stereocenters. The molecule has 2 aromatic heterocycles. The van der Waals surface area contributed by atoms with Crippen LogP contribution in [0.5, 0.6) is 0 Å². The molecule has 0 saturated carbocycles. The molecule has 4 rings (SSSR count). The lowest BCUT2D eigenvalue weighted by atomic mass is 10.0. The number of carbonyl (C=O) groups excluding carboxylic acids is 1. The molecule has 35 heavy (non-hydrogen) atoms. The smallest absolute Gasteiger partial charge is 0.266 e. The fourth-order valence-electron chi connectivity index (χ4n) is 4.44. The molecular formula is C24H26F3N5O3. The summed E-state index contributed by atoms with van der Waals surface area (Å²) in [6.07, 6.45) is -1.72. The molecule has 0 aliphatic carbocycles. The highest BCUT2D eigenvalue weighted by molar-refractivity contribution is 5.99. The van der Waals surface area contributed by atoms with Crippen LogP contribution in [0.25, 0.3) is 11.0 Å². The summed E-state index contributed by atoms with van der Waals surface area (Å²) in [7, 11) is 1.50. The fourth-order valence-corrected chi connectivity index (χ4v) is 4.44. The van der Waals surface area contributed by atoms with Crippen LogP contribution in [-0.2, 0) is 11.8 Å². The van der Waals surface area contributed by atoms with E-state index in [0.717, 1.165) is 6.07 Å². The number of rotatable bonds is 5. The highest BCUT2D eigenvalue weighted by Crippen LogP contribution is 2.30. The van der Waals surface area contributed by atoms with Crippen molar-refractivity contribution < 1.29 is 22.7 Å². The Hall–Kier alpha value is -3.47. The first-order valence-electron chi connectivity index (χ1n) is 11.2. The number of fused-ring (bicyclic) bond motifs is 1. The first-order valence-corrected chi connectivity index (χ1v) is 11.2. The van der Waals surface area contributed by atoms with Crippen molar-refractivity contribution in [3.63, 3.8) is 0 Å². The van der Waals surface area contributed by atoms with Gasteiger partial charge in [0.25, 0.3) is 17.9 Å². The highest BCUT2D eigenvalue weighted by atomic mass is 19.3. The van der Waals surface area contributed by atoms with E-state index in [0.29, 0.717) is 18.6 Å². The first kappa shape index (κ1) is 24.6. The maximum absolute atomic E-state index is 14.7. The average molecular weight is 489 g/mol. The van der Waals surface area contributed by atoms with Crippen molar-refractivity contribution in [2.45, 2.75) is 45.3 Å². The van der Waals surface area contributed by atoms with Crippen molar-refractivity contribution in [3.8, 4) is 0 Å². The number of nitrogens with zero attached hydrogens (tertiary/aromatic N) is 4. The number of ether oxygens (including phenoxy) is 1. The van der Waals surface area contributed by atoms with E-state index in [9.17, 15) is 22.8 Å². The first-order chi connectivity index (χ1) is 16.6. The molecule has 0 bridgehead atoms. The van der Waals surface area contributed by atoms with Crippen molar-refractivity contribution >= 4 is 22.8 Å². The molecule has 8 nitrogen and oxygen atoms in total. The largest absolute Gasteiger partial charge is 0.377 e. The van der Waals surface area contributed by atoms with Gasteiger partial charge in [-0.3, -0.25) is 14.2 Å². The molecular weight excluding hydrogens is 463 g/mol. The van der Waals surface area contributed by atoms with E-state index in [1.807, 2.05) is 13.8 Å². The Bertz CT molecular complexity index is 1320. The summed E-state index contributed by atoms with van der Waals surface area (Å²) in [5.41, 5.74) is -0.959. The Morgan fingerprint density at radius 1 is 1.17 bits per heavy atom. The summed E-state index contributed by atoms with van der Waals surface area (Å²) in [5, 5.41) is 3.39. The third-order valence-corrected chi connectivity index (χ3v) is 6.25. The van der Waals surface area contributed by atoms with E-state index in [2.05, 4.69) is 15.3 Å². The van der Waals surface area contributed by atoms with Gasteiger partial charge >= 0.3 is 0 Å². The number of nitrogens with one attached hydrogen (secondary N) is 1. The molecule has 1 N–H and O–H groups in total. The zero-order valence-corrected chi connectivity index (χ0v) is 19.8. The molecule has 1 aliphatic heterocycles. The number of anilines is 1. The van der Waals surface area contributed by atoms with Crippen molar-refractivity contribution in [1.29, 1.82) is 0 Å². The van der Waals surface area contributed by atoms with Crippen molar-refractivity contribution in [2.24, 2.45) is 7.05 Å². The SMILES string of the molecule is C[C@@H]1COC[C@H](C)N1C(=O)c1cc2c(N[C@H](C)c3cccc(C(F)F)c3F)ncnc2n(C)c1=O. The van der Waals surface area contributed by atoms with E-state index >= 15 is 0 Å². The van der Waals surface area contributed by atoms with E-state index in [1.165, 1.54) is 36.1 Å². The van der Waals surface area contributed by atoms with Gasteiger partial charge in [-0.15, -0.1) is 0 Å². The van der Waals surface area contributed by atoms with Crippen LogP contribution in [0.2, 0.25) is 0 Å². The molecule has 0 spiro atoms. The minimum absolute atomic E-state index is 0.0339. The number of pyridine rings is 1. The third kappa shape index (κ3) is 4.47.